The van der Waals surface area contributed by atoms with Gasteiger partial charge in [-0.1, -0.05) is 18.2 Å². The third kappa shape index (κ3) is 4.57. The van der Waals surface area contributed by atoms with E-state index in [1.165, 1.54) is 11.7 Å². The number of carbonyl (C=O) groups excluding carboxylic acids is 2. The molecule has 26 heavy (non-hydrogen) atoms. The van der Waals surface area contributed by atoms with Crippen molar-refractivity contribution in [2.45, 2.75) is 25.8 Å². The van der Waals surface area contributed by atoms with Crippen LogP contribution in [0.15, 0.2) is 30.5 Å². The van der Waals surface area contributed by atoms with Gasteiger partial charge in [0.25, 0.3) is 0 Å². The zero-order valence-electron chi connectivity index (χ0n) is 14.6. The van der Waals surface area contributed by atoms with Crippen molar-refractivity contribution in [2.75, 3.05) is 12.9 Å². The van der Waals surface area contributed by atoms with Crippen LogP contribution < -0.4 is 5.32 Å². The average Bonchev–Trinajstić information content (AvgIpc) is 2.98. The predicted octanol–water partition coefficient (Wildman–Crippen LogP) is 2.32. The fourth-order valence-corrected chi connectivity index (χ4v) is 3.13. The molecule has 2 aromatic rings. The van der Waals surface area contributed by atoms with Gasteiger partial charge in [0.1, 0.15) is 0 Å². The van der Waals surface area contributed by atoms with Crippen LogP contribution in [0.25, 0.3) is 10.9 Å². The Bertz CT molecular complexity index is 817. The van der Waals surface area contributed by atoms with Crippen molar-refractivity contribution < 1.29 is 24.2 Å². The number of nitrogens with zero attached hydrogens (tertiary/aromatic N) is 1. The van der Waals surface area contributed by atoms with Crippen molar-refractivity contribution in [1.29, 1.82) is 0 Å². The van der Waals surface area contributed by atoms with E-state index in [0.29, 0.717) is 11.9 Å². The van der Waals surface area contributed by atoms with E-state index in [-0.39, 0.29) is 24.1 Å². The topological polar surface area (TPSA) is 97.6 Å². The fourth-order valence-electron chi connectivity index (χ4n) is 2.84. The molecule has 2 atom stereocenters. The summed E-state index contributed by atoms with van der Waals surface area (Å²) in [5.41, 5.74) is 1.43. The van der Waals surface area contributed by atoms with Gasteiger partial charge in [0.2, 0.25) is 5.91 Å². The molecule has 1 amide bonds. The highest BCUT2D eigenvalue weighted by molar-refractivity contribution is 7.80. The van der Waals surface area contributed by atoms with Crippen molar-refractivity contribution in [3.05, 3.63) is 36.0 Å². The first-order valence-corrected chi connectivity index (χ1v) is 8.81. The maximum absolute atomic E-state index is 12.3. The number of carboxylic acid groups (broad SMARTS) is 1. The van der Waals surface area contributed by atoms with E-state index in [0.717, 1.165) is 10.9 Å². The van der Waals surface area contributed by atoms with Gasteiger partial charge in [-0.05, 0) is 25.0 Å². The minimum Gasteiger partial charge on any atom is -0.469 e. The normalized spacial score (nSPS) is 13.2. The summed E-state index contributed by atoms with van der Waals surface area (Å²) in [6, 6.07) is 6.97. The number of thiol groups is 1. The van der Waals surface area contributed by atoms with Crippen LogP contribution in [-0.4, -0.2) is 46.5 Å². The number of methoxy groups -OCH3 is 1. The van der Waals surface area contributed by atoms with Crippen molar-refractivity contribution in [1.82, 2.24) is 9.88 Å². The highest BCUT2D eigenvalue weighted by Gasteiger charge is 2.23. The van der Waals surface area contributed by atoms with Gasteiger partial charge < -0.3 is 15.2 Å². The van der Waals surface area contributed by atoms with Gasteiger partial charge in [-0.2, -0.15) is 12.6 Å². The maximum Gasteiger partial charge on any atom is 0.416 e. The molecule has 140 valence electrons. The number of esters is 1. The molecule has 2 rings (SSSR count). The maximum atomic E-state index is 12.3. The summed E-state index contributed by atoms with van der Waals surface area (Å²) in [4.78, 5) is 35.1. The summed E-state index contributed by atoms with van der Waals surface area (Å²) in [6.07, 6.45) is 0.943. The molecule has 0 aliphatic rings. The van der Waals surface area contributed by atoms with E-state index in [4.69, 9.17) is 0 Å². The first kappa shape index (κ1) is 19.8. The summed E-state index contributed by atoms with van der Waals surface area (Å²) in [7, 11) is 1.27. The molecule has 1 aromatic carbocycles. The Kier molecular flexibility index (Phi) is 6.68. The molecule has 0 aliphatic carbocycles. The van der Waals surface area contributed by atoms with Crippen molar-refractivity contribution in [3.8, 4) is 0 Å². The lowest BCUT2D eigenvalue weighted by Gasteiger charge is -2.18. The third-order valence-electron chi connectivity index (χ3n) is 4.15. The Morgan fingerprint density at radius 3 is 2.62 bits per heavy atom. The molecule has 0 bridgehead atoms. The van der Waals surface area contributed by atoms with Gasteiger partial charge in [-0.15, -0.1) is 0 Å². The zero-order valence-corrected chi connectivity index (χ0v) is 15.5. The van der Waals surface area contributed by atoms with Gasteiger partial charge in [0, 0.05) is 23.4 Å². The number of hydrogen-bond acceptors (Lipinski definition) is 5. The number of carbonyl (C=O) groups is 3. The largest absolute Gasteiger partial charge is 0.469 e. The van der Waals surface area contributed by atoms with Crippen LogP contribution in [-0.2, 0) is 20.7 Å². The number of para-hydroxylation sites is 1. The van der Waals surface area contributed by atoms with Crippen LogP contribution in [0.3, 0.4) is 0 Å². The third-order valence-corrected chi connectivity index (χ3v) is 4.59. The van der Waals surface area contributed by atoms with Gasteiger partial charge in [-0.3, -0.25) is 14.2 Å². The summed E-state index contributed by atoms with van der Waals surface area (Å²) >= 11 is 4.13. The minimum absolute atomic E-state index is 0.0309. The average molecular weight is 378 g/mol. The number of fused-ring (bicyclic) bond motifs is 1. The lowest BCUT2D eigenvalue weighted by atomic mass is 10.0. The molecule has 0 fully saturated rings. The van der Waals surface area contributed by atoms with Gasteiger partial charge >= 0.3 is 12.1 Å². The monoisotopic (exact) mass is 378 g/mol. The van der Waals surface area contributed by atoms with Crippen LogP contribution in [0.5, 0.6) is 0 Å². The number of ether oxygens (including phenoxy) is 1. The summed E-state index contributed by atoms with van der Waals surface area (Å²) < 4.78 is 5.77. The van der Waals surface area contributed by atoms with Gasteiger partial charge in [-0.25, -0.2) is 4.79 Å². The predicted molar refractivity (Wildman–Crippen MR) is 101 cm³/mol. The van der Waals surface area contributed by atoms with E-state index >= 15 is 0 Å². The molecule has 8 heteroatoms. The number of rotatable bonds is 7. The molecule has 0 saturated carbocycles. The molecule has 0 radical (unpaired) electrons. The Hall–Kier alpha value is -2.48. The first-order valence-electron chi connectivity index (χ1n) is 8.17. The van der Waals surface area contributed by atoms with Crippen molar-refractivity contribution in [2.24, 2.45) is 5.92 Å². The lowest BCUT2D eigenvalue weighted by Crippen LogP contribution is -2.39. The minimum atomic E-state index is -1.06. The first-order chi connectivity index (χ1) is 12.4. The SMILES string of the molecule is COC(=O)CC(CS)C(=O)N[C@H](C)Cc1cn(C(=O)O)c2ccccc12. The zero-order chi connectivity index (χ0) is 19.3. The molecule has 0 saturated heterocycles. The number of benzene rings is 1. The van der Waals surface area contributed by atoms with Crippen LogP contribution in [0.1, 0.15) is 18.9 Å². The van der Waals surface area contributed by atoms with Crippen LogP contribution in [0, 0.1) is 5.92 Å². The van der Waals surface area contributed by atoms with E-state index in [1.807, 2.05) is 19.1 Å². The summed E-state index contributed by atoms with van der Waals surface area (Å²) in [5, 5.41) is 13.0. The fraction of sp³-hybridized carbons (Fsp3) is 0.389. The van der Waals surface area contributed by atoms with E-state index in [1.54, 1.807) is 18.3 Å². The standard InChI is InChI=1S/C18H22N2O5S/c1-11(19-17(22)13(10-26)8-16(21)25-2)7-12-9-20(18(23)24)15-6-4-3-5-14(12)15/h3-6,9,11,13,26H,7-8,10H2,1-2H3,(H,19,22)(H,23,24)/t11-,13?/m1/s1. The number of hydrogen-bond donors (Lipinski definition) is 3. The van der Waals surface area contributed by atoms with Gasteiger partial charge in [0.05, 0.1) is 25.0 Å². The quantitative estimate of drug-likeness (QED) is 0.507. The second-order valence-electron chi connectivity index (χ2n) is 6.10. The second kappa shape index (κ2) is 8.75. The number of nitrogens with one attached hydrogen (secondary N) is 1. The van der Waals surface area contributed by atoms with Crippen molar-refractivity contribution >= 4 is 41.5 Å². The number of amides is 1. The van der Waals surface area contributed by atoms with Crippen LogP contribution >= 0.6 is 12.6 Å². The van der Waals surface area contributed by atoms with Gasteiger partial charge in [0.15, 0.2) is 0 Å². The highest BCUT2D eigenvalue weighted by atomic mass is 32.1. The van der Waals surface area contributed by atoms with Crippen LogP contribution in [0.4, 0.5) is 4.79 Å². The smallest absolute Gasteiger partial charge is 0.416 e. The van der Waals surface area contributed by atoms with Crippen LogP contribution in [0.2, 0.25) is 0 Å². The highest BCUT2D eigenvalue weighted by Crippen LogP contribution is 2.22. The summed E-state index contributed by atoms with van der Waals surface area (Å²) in [6.45, 7) is 1.83. The molecule has 0 spiro atoms. The second-order valence-corrected chi connectivity index (χ2v) is 6.46. The lowest BCUT2D eigenvalue weighted by molar-refractivity contribution is -0.143. The Labute approximate surface area is 156 Å². The Balaban J connectivity index is 2.11. The number of aromatic nitrogens is 1. The van der Waals surface area contributed by atoms with E-state index < -0.39 is 18.0 Å². The molecule has 1 heterocycles. The van der Waals surface area contributed by atoms with E-state index in [9.17, 15) is 19.5 Å². The summed E-state index contributed by atoms with van der Waals surface area (Å²) in [5.74, 6) is -1.09. The molecule has 1 aromatic heterocycles. The molecule has 7 nitrogen and oxygen atoms in total. The molecule has 0 aliphatic heterocycles. The molecule has 1 unspecified atom stereocenters. The van der Waals surface area contributed by atoms with Crippen molar-refractivity contribution in [3.63, 3.8) is 0 Å². The Morgan fingerprint density at radius 2 is 2.00 bits per heavy atom. The van der Waals surface area contributed by atoms with E-state index in [2.05, 4.69) is 22.7 Å². The molecule has 2 N–H and O–H groups in total. The molecular formula is C18H22N2O5S. The molecular weight excluding hydrogens is 356 g/mol. The Morgan fingerprint density at radius 1 is 1.31 bits per heavy atom.